The number of hydrogen-bond acceptors (Lipinski definition) is 2. The molecule has 0 saturated heterocycles. The molecule has 1 N–H and O–H groups in total. The fraction of sp³-hybridized carbons (Fsp3) is 0.294. The molecule has 20 heavy (non-hydrogen) atoms. The maximum atomic E-state index is 9.41. The molecule has 1 nitrogen and oxygen atoms in total. The molecule has 2 aromatic carbocycles. The molecule has 0 fully saturated rings. The van der Waals surface area contributed by atoms with Crippen LogP contribution < -0.4 is 0 Å². The smallest absolute Gasteiger partial charge is 0.0692 e. The standard InChI is InChI=1S/C17H19BrOS/c1-17(2,3)13-5-8-15(9-6-13)20-16-10-14(18)7-4-12(16)11-19/h4-10,19H,11H2,1-3H3. The minimum absolute atomic E-state index is 0.0652. The highest BCUT2D eigenvalue weighted by molar-refractivity contribution is 9.10. The molecular formula is C17H19BrOS. The topological polar surface area (TPSA) is 20.2 Å². The Morgan fingerprint density at radius 3 is 2.25 bits per heavy atom. The zero-order valence-corrected chi connectivity index (χ0v) is 14.4. The quantitative estimate of drug-likeness (QED) is 0.800. The highest BCUT2D eigenvalue weighted by Gasteiger charge is 2.13. The van der Waals surface area contributed by atoms with E-state index in [1.807, 2.05) is 18.2 Å². The van der Waals surface area contributed by atoms with Gasteiger partial charge in [-0.2, -0.15) is 0 Å². The van der Waals surface area contributed by atoms with Crippen LogP contribution in [0.3, 0.4) is 0 Å². The van der Waals surface area contributed by atoms with Gasteiger partial charge in [0.1, 0.15) is 0 Å². The number of aliphatic hydroxyl groups is 1. The third-order valence-corrected chi connectivity index (χ3v) is 4.75. The van der Waals surface area contributed by atoms with Gasteiger partial charge in [-0.1, -0.05) is 66.7 Å². The van der Waals surface area contributed by atoms with Crippen molar-refractivity contribution in [1.82, 2.24) is 0 Å². The molecular weight excluding hydrogens is 332 g/mol. The van der Waals surface area contributed by atoms with Gasteiger partial charge in [0.25, 0.3) is 0 Å². The predicted octanol–water partition coefficient (Wildman–Crippen LogP) is 5.39. The Morgan fingerprint density at radius 1 is 1.05 bits per heavy atom. The molecule has 2 aromatic rings. The van der Waals surface area contributed by atoms with E-state index in [-0.39, 0.29) is 12.0 Å². The third-order valence-electron chi connectivity index (χ3n) is 3.15. The van der Waals surface area contributed by atoms with E-state index in [1.165, 1.54) is 10.5 Å². The Balaban J connectivity index is 2.24. The van der Waals surface area contributed by atoms with E-state index in [0.717, 1.165) is 14.9 Å². The molecule has 0 bridgehead atoms. The van der Waals surface area contributed by atoms with Gasteiger partial charge in [-0.3, -0.25) is 0 Å². The van der Waals surface area contributed by atoms with Gasteiger partial charge in [0.2, 0.25) is 0 Å². The largest absolute Gasteiger partial charge is 0.392 e. The van der Waals surface area contributed by atoms with E-state index in [4.69, 9.17) is 0 Å². The van der Waals surface area contributed by atoms with Crippen molar-refractivity contribution in [3.05, 3.63) is 58.1 Å². The van der Waals surface area contributed by atoms with Gasteiger partial charge in [-0.15, -0.1) is 0 Å². The first-order valence-corrected chi connectivity index (χ1v) is 8.19. The normalized spacial score (nSPS) is 11.7. The first-order chi connectivity index (χ1) is 9.40. The summed E-state index contributed by atoms with van der Waals surface area (Å²) in [6.07, 6.45) is 0. The average molecular weight is 351 g/mol. The Hall–Kier alpha value is -0.770. The van der Waals surface area contributed by atoms with Crippen molar-refractivity contribution in [1.29, 1.82) is 0 Å². The summed E-state index contributed by atoms with van der Waals surface area (Å²) in [7, 11) is 0. The van der Waals surface area contributed by atoms with Crippen molar-refractivity contribution >= 4 is 27.7 Å². The summed E-state index contributed by atoms with van der Waals surface area (Å²) in [6.45, 7) is 6.71. The van der Waals surface area contributed by atoms with E-state index < -0.39 is 0 Å². The number of hydrogen-bond donors (Lipinski definition) is 1. The number of aliphatic hydroxyl groups excluding tert-OH is 1. The summed E-state index contributed by atoms with van der Waals surface area (Å²) in [6, 6.07) is 14.6. The first-order valence-electron chi connectivity index (χ1n) is 6.58. The van der Waals surface area contributed by atoms with Crippen LogP contribution in [0.1, 0.15) is 31.9 Å². The maximum absolute atomic E-state index is 9.41. The predicted molar refractivity (Wildman–Crippen MR) is 89.3 cm³/mol. The lowest BCUT2D eigenvalue weighted by molar-refractivity contribution is 0.279. The Bertz CT molecular complexity index is 585. The summed E-state index contributed by atoms with van der Waals surface area (Å²) in [4.78, 5) is 2.27. The lowest BCUT2D eigenvalue weighted by Gasteiger charge is -2.19. The summed E-state index contributed by atoms with van der Waals surface area (Å²) >= 11 is 5.16. The van der Waals surface area contributed by atoms with Crippen LogP contribution in [-0.2, 0) is 12.0 Å². The molecule has 0 aliphatic carbocycles. The van der Waals surface area contributed by atoms with Crippen LogP contribution in [0.25, 0.3) is 0 Å². The molecule has 0 aliphatic heterocycles. The van der Waals surface area contributed by atoms with E-state index in [0.29, 0.717) is 0 Å². The van der Waals surface area contributed by atoms with E-state index in [9.17, 15) is 5.11 Å². The second-order valence-electron chi connectivity index (χ2n) is 5.79. The zero-order valence-electron chi connectivity index (χ0n) is 12.0. The summed E-state index contributed by atoms with van der Waals surface area (Å²) < 4.78 is 1.03. The second kappa shape index (κ2) is 6.33. The van der Waals surface area contributed by atoms with Gasteiger partial charge < -0.3 is 5.11 Å². The number of halogens is 1. The van der Waals surface area contributed by atoms with Crippen molar-refractivity contribution < 1.29 is 5.11 Å². The molecule has 2 rings (SSSR count). The zero-order chi connectivity index (χ0) is 14.8. The van der Waals surface area contributed by atoms with Crippen molar-refractivity contribution in [2.75, 3.05) is 0 Å². The van der Waals surface area contributed by atoms with Crippen molar-refractivity contribution in [2.45, 2.75) is 42.6 Å². The molecule has 0 radical (unpaired) electrons. The highest BCUT2D eigenvalue weighted by Crippen LogP contribution is 2.34. The van der Waals surface area contributed by atoms with Gasteiger partial charge in [0.15, 0.2) is 0 Å². The SMILES string of the molecule is CC(C)(C)c1ccc(Sc2cc(Br)ccc2CO)cc1. The Labute approximate surface area is 133 Å². The van der Waals surface area contributed by atoms with Crippen LogP contribution in [0, 0.1) is 0 Å². The fourth-order valence-electron chi connectivity index (χ4n) is 1.90. The lowest BCUT2D eigenvalue weighted by Crippen LogP contribution is -2.10. The monoisotopic (exact) mass is 350 g/mol. The minimum Gasteiger partial charge on any atom is -0.392 e. The summed E-state index contributed by atoms with van der Waals surface area (Å²) in [5, 5.41) is 9.41. The highest BCUT2D eigenvalue weighted by atomic mass is 79.9. The van der Waals surface area contributed by atoms with Gasteiger partial charge in [-0.05, 0) is 40.8 Å². The molecule has 0 unspecified atom stereocenters. The summed E-state index contributed by atoms with van der Waals surface area (Å²) in [5.41, 5.74) is 2.46. The van der Waals surface area contributed by atoms with Gasteiger partial charge in [-0.25, -0.2) is 0 Å². The van der Waals surface area contributed by atoms with Gasteiger partial charge in [0.05, 0.1) is 6.61 Å². The number of rotatable bonds is 3. The van der Waals surface area contributed by atoms with Crippen LogP contribution in [-0.4, -0.2) is 5.11 Å². The molecule has 0 atom stereocenters. The molecule has 0 aliphatic rings. The van der Waals surface area contributed by atoms with Crippen molar-refractivity contribution in [2.24, 2.45) is 0 Å². The Kier molecular flexibility index (Phi) is 4.95. The molecule has 0 heterocycles. The first kappa shape index (κ1) is 15.6. The second-order valence-corrected chi connectivity index (χ2v) is 7.82. The van der Waals surface area contributed by atoms with Crippen LogP contribution in [0.2, 0.25) is 0 Å². The van der Waals surface area contributed by atoms with Crippen molar-refractivity contribution in [3.63, 3.8) is 0 Å². The van der Waals surface area contributed by atoms with Crippen molar-refractivity contribution in [3.8, 4) is 0 Å². The maximum Gasteiger partial charge on any atom is 0.0692 e. The minimum atomic E-state index is 0.0652. The molecule has 106 valence electrons. The molecule has 3 heteroatoms. The summed E-state index contributed by atoms with van der Waals surface area (Å²) in [5.74, 6) is 0. The van der Waals surface area contributed by atoms with E-state index >= 15 is 0 Å². The average Bonchev–Trinajstić information content (AvgIpc) is 2.38. The molecule has 0 spiro atoms. The lowest BCUT2D eigenvalue weighted by atomic mass is 9.87. The van der Waals surface area contributed by atoms with Gasteiger partial charge in [0, 0.05) is 14.3 Å². The molecule has 0 aromatic heterocycles. The Morgan fingerprint density at radius 2 is 1.70 bits per heavy atom. The van der Waals surface area contributed by atoms with Crippen LogP contribution in [0.15, 0.2) is 56.7 Å². The fourth-order valence-corrected chi connectivity index (χ4v) is 3.39. The van der Waals surface area contributed by atoms with E-state index in [2.05, 4.69) is 61.0 Å². The number of benzene rings is 2. The van der Waals surface area contributed by atoms with Crippen LogP contribution in [0.4, 0.5) is 0 Å². The van der Waals surface area contributed by atoms with E-state index in [1.54, 1.807) is 11.8 Å². The molecule has 0 amide bonds. The van der Waals surface area contributed by atoms with Crippen LogP contribution in [0.5, 0.6) is 0 Å². The van der Waals surface area contributed by atoms with Crippen LogP contribution >= 0.6 is 27.7 Å². The molecule has 0 saturated carbocycles. The van der Waals surface area contributed by atoms with Gasteiger partial charge >= 0.3 is 0 Å². The third kappa shape index (κ3) is 3.87.